The number of nitrogens with zero attached hydrogens (tertiary/aromatic N) is 3. The van der Waals surface area contributed by atoms with Crippen LogP contribution >= 0.6 is 0 Å². The molecule has 0 aliphatic rings. The van der Waals surface area contributed by atoms with Crippen molar-refractivity contribution in [1.29, 1.82) is 0 Å². The Morgan fingerprint density at radius 1 is 1.03 bits per heavy atom. The molecule has 0 spiro atoms. The standard InChI is InChI=1S/C25H21N3O5/c1-17-3-11-22(12-4-17)32-16-20-15-18(5-13-23(20)31-2)6-14-24-26-25(27-33-24)19-7-9-21(10-8-19)28(29)30/h3-15H,16H2,1-2H3/b14-6-. The average Bonchev–Trinajstić information content (AvgIpc) is 3.31. The zero-order valence-electron chi connectivity index (χ0n) is 18.1. The summed E-state index contributed by atoms with van der Waals surface area (Å²) in [7, 11) is 1.62. The third-order valence-corrected chi connectivity index (χ3v) is 4.92. The minimum Gasteiger partial charge on any atom is -0.496 e. The summed E-state index contributed by atoms with van der Waals surface area (Å²) in [5.41, 5.74) is 3.61. The van der Waals surface area contributed by atoms with Crippen LogP contribution in [0.25, 0.3) is 23.5 Å². The molecule has 0 aliphatic carbocycles. The molecule has 8 nitrogen and oxygen atoms in total. The second kappa shape index (κ2) is 9.78. The summed E-state index contributed by atoms with van der Waals surface area (Å²) >= 11 is 0. The summed E-state index contributed by atoms with van der Waals surface area (Å²) in [5.74, 6) is 2.19. The van der Waals surface area contributed by atoms with Gasteiger partial charge < -0.3 is 14.0 Å². The minimum atomic E-state index is -0.455. The average molecular weight is 443 g/mol. The van der Waals surface area contributed by atoms with Gasteiger partial charge in [0.05, 0.1) is 12.0 Å². The number of aryl methyl sites for hydroxylation is 1. The van der Waals surface area contributed by atoms with Gasteiger partial charge in [0.1, 0.15) is 18.1 Å². The molecule has 166 valence electrons. The van der Waals surface area contributed by atoms with Crippen molar-refractivity contribution in [2.75, 3.05) is 7.11 Å². The predicted molar refractivity (Wildman–Crippen MR) is 124 cm³/mol. The van der Waals surface area contributed by atoms with Crippen molar-refractivity contribution in [1.82, 2.24) is 10.1 Å². The molecular formula is C25H21N3O5. The highest BCUT2D eigenvalue weighted by Gasteiger charge is 2.10. The van der Waals surface area contributed by atoms with Gasteiger partial charge >= 0.3 is 0 Å². The van der Waals surface area contributed by atoms with E-state index in [1.807, 2.05) is 55.5 Å². The van der Waals surface area contributed by atoms with Gasteiger partial charge in [-0.05, 0) is 55.0 Å². The third-order valence-electron chi connectivity index (χ3n) is 4.92. The maximum absolute atomic E-state index is 10.8. The molecule has 0 radical (unpaired) electrons. The number of ether oxygens (including phenoxy) is 2. The van der Waals surface area contributed by atoms with E-state index in [1.54, 1.807) is 25.3 Å². The first kappa shape index (κ1) is 21.8. The number of hydrogen-bond acceptors (Lipinski definition) is 7. The molecule has 0 unspecified atom stereocenters. The Labute approximate surface area is 190 Å². The van der Waals surface area contributed by atoms with Gasteiger partial charge in [0.15, 0.2) is 0 Å². The van der Waals surface area contributed by atoms with Gasteiger partial charge in [-0.25, -0.2) is 0 Å². The summed E-state index contributed by atoms with van der Waals surface area (Å²) in [6, 6.07) is 19.6. The minimum absolute atomic E-state index is 0.00373. The van der Waals surface area contributed by atoms with E-state index in [-0.39, 0.29) is 5.69 Å². The van der Waals surface area contributed by atoms with Crippen LogP contribution in [0.1, 0.15) is 22.6 Å². The lowest BCUT2D eigenvalue weighted by molar-refractivity contribution is -0.384. The molecule has 0 atom stereocenters. The fourth-order valence-electron chi connectivity index (χ4n) is 3.13. The molecule has 0 aliphatic heterocycles. The SMILES string of the molecule is COc1ccc(/C=C\c2nc(-c3ccc([N+](=O)[O-])cc3)no2)cc1COc1ccc(C)cc1. The number of nitro benzene ring substituents is 1. The van der Waals surface area contributed by atoms with Crippen molar-refractivity contribution in [2.45, 2.75) is 13.5 Å². The molecule has 1 heterocycles. The van der Waals surface area contributed by atoms with Gasteiger partial charge in [-0.1, -0.05) is 28.9 Å². The fraction of sp³-hybridized carbons (Fsp3) is 0.120. The Hall–Kier alpha value is -4.46. The molecule has 0 N–H and O–H groups in total. The van der Waals surface area contributed by atoms with Crippen LogP contribution in [0, 0.1) is 17.0 Å². The zero-order chi connectivity index (χ0) is 23.2. The number of aromatic nitrogens is 2. The first-order valence-electron chi connectivity index (χ1n) is 10.1. The predicted octanol–water partition coefficient (Wildman–Crippen LogP) is 5.71. The van der Waals surface area contributed by atoms with Crippen molar-refractivity contribution < 1.29 is 18.9 Å². The van der Waals surface area contributed by atoms with E-state index in [0.717, 1.165) is 22.6 Å². The van der Waals surface area contributed by atoms with E-state index >= 15 is 0 Å². The van der Waals surface area contributed by atoms with Gasteiger partial charge in [0.2, 0.25) is 5.82 Å². The van der Waals surface area contributed by atoms with E-state index in [9.17, 15) is 10.1 Å². The normalized spacial score (nSPS) is 11.0. The Morgan fingerprint density at radius 3 is 2.48 bits per heavy atom. The molecule has 0 saturated heterocycles. The molecule has 33 heavy (non-hydrogen) atoms. The number of methoxy groups -OCH3 is 1. The highest BCUT2D eigenvalue weighted by molar-refractivity contribution is 5.68. The number of hydrogen-bond donors (Lipinski definition) is 0. The summed E-state index contributed by atoms with van der Waals surface area (Å²) in [5, 5.41) is 14.7. The Bertz CT molecular complexity index is 1280. The van der Waals surface area contributed by atoms with E-state index in [2.05, 4.69) is 10.1 Å². The van der Waals surface area contributed by atoms with Crippen molar-refractivity contribution in [2.24, 2.45) is 0 Å². The lowest BCUT2D eigenvalue weighted by Gasteiger charge is -2.11. The topological polar surface area (TPSA) is 101 Å². The van der Waals surface area contributed by atoms with Crippen LogP contribution in [0.3, 0.4) is 0 Å². The second-order valence-corrected chi connectivity index (χ2v) is 7.27. The van der Waals surface area contributed by atoms with Crippen LogP contribution in [-0.2, 0) is 6.61 Å². The lowest BCUT2D eigenvalue weighted by Crippen LogP contribution is -1.99. The van der Waals surface area contributed by atoms with Crippen LogP contribution in [0.5, 0.6) is 11.5 Å². The number of non-ortho nitro benzene ring substituents is 1. The van der Waals surface area contributed by atoms with Crippen molar-refractivity contribution in [3.8, 4) is 22.9 Å². The van der Waals surface area contributed by atoms with Crippen LogP contribution in [0.2, 0.25) is 0 Å². The van der Waals surface area contributed by atoms with E-state index in [4.69, 9.17) is 14.0 Å². The molecule has 8 heteroatoms. The summed E-state index contributed by atoms with van der Waals surface area (Å²) < 4.78 is 16.6. The van der Waals surface area contributed by atoms with Crippen molar-refractivity contribution in [3.63, 3.8) is 0 Å². The Balaban J connectivity index is 1.47. The van der Waals surface area contributed by atoms with Gasteiger partial charge in [-0.2, -0.15) is 4.98 Å². The summed E-state index contributed by atoms with van der Waals surface area (Å²) in [4.78, 5) is 14.7. The molecule has 0 saturated carbocycles. The van der Waals surface area contributed by atoms with Crippen molar-refractivity contribution in [3.05, 3.63) is 99.4 Å². The zero-order valence-corrected chi connectivity index (χ0v) is 18.1. The van der Waals surface area contributed by atoms with E-state index in [0.29, 0.717) is 23.9 Å². The van der Waals surface area contributed by atoms with Gasteiger partial charge in [0, 0.05) is 29.3 Å². The van der Waals surface area contributed by atoms with Gasteiger partial charge in [-0.15, -0.1) is 0 Å². The first-order valence-corrected chi connectivity index (χ1v) is 10.1. The molecular weight excluding hydrogens is 422 g/mol. The number of nitro groups is 1. The highest BCUT2D eigenvalue weighted by atomic mass is 16.6. The molecule has 0 amide bonds. The summed E-state index contributed by atoms with van der Waals surface area (Å²) in [6.45, 7) is 2.39. The monoisotopic (exact) mass is 443 g/mol. The van der Waals surface area contributed by atoms with E-state index in [1.165, 1.54) is 17.7 Å². The maximum atomic E-state index is 10.8. The third kappa shape index (κ3) is 5.43. The fourth-order valence-corrected chi connectivity index (χ4v) is 3.13. The molecule has 1 aromatic heterocycles. The second-order valence-electron chi connectivity index (χ2n) is 7.27. The molecule has 0 bridgehead atoms. The van der Waals surface area contributed by atoms with Gasteiger partial charge in [0.25, 0.3) is 11.6 Å². The smallest absolute Gasteiger partial charge is 0.269 e. The number of rotatable bonds is 8. The van der Waals surface area contributed by atoms with Crippen LogP contribution in [0.15, 0.2) is 71.3 Å². The Morgan fingerprint density at radius 2 is 1.79 bits per heavy atom. The first-order chi connectivity index (χ1) is 16.0. The Kier molecular flexibility index (Phi) is 6.45. The van der Waals surface area contributed by atoms with Crippen LogP contribution in [-0.4, -0.2) is 22.2 Å². The van der Waals surface area contributed by atoms with Crippen LogP contribution in [0.4, 0.5) is 5.69 Å². The number of benzene rings is 3. The van der Waals surface area contributed by atoms with E-state index < -0.39 is 4.92 Å². The molecule has 4 aromatic rings. The lowest BCUT2D eigenvalue weighted by atomic mass is 10.1. The molecule has 0 fully saturated rings. The van der Waals surface area contributed by atoms with Crippen LogP contribution < -0.4 is 9.47 Å². The molecule has 3 aromatic carbocycles. The molecule has 4 rings (SSSR count). The highest BCUT2D eigenvalue weighted by Crippen LogP contribution is 2.24. The van der Waals surface area contributed by atoms with Crippen molar-refractivity contribution >= 4 is 17.8 Å². The maximum Gasteiger partial charge on any atom is 0.269 e. The summed E-state index contributed by atoms with van der Waals surface area (Å²) in [6.07, 6.45) is 3.55. The quantitative estimate of drug-likeness (QED) is 0.254. The van der Waals surface area contributed by atoms with Gasteiger partial charge in [-0.3, -0.25) is 10.1 Å². The largest absolute Gasteiger partial charge is 0.496 e.